The summed E-state index contributed by atoms with van der Waals surface area (Å²) < 4.78 is 27.5. The van der Waals surface area contributed by atoms with Crippen molar-refractivity contribution in [1.82, 2.24) is 5.32 Å². The van der Waals surface area contributed by atoms with Crippen LogP contribution >= 0.6 is 0 Å². The summed E-state index contributed by atoms with van der Waals surface area (Å²) in [5.41, 5.74) is 0. The van der Waals surface area contributed by atoms with Crippen LogP contribution in [-0.2, 0) is 14.6 Å². The molecule has 1 fully saturated rings. The van der Waals surface area contributed by atoms with Gasteiger partial charge in [0.25, 0.3) is 0 Å². The number of hydrogen-bond donors (Lipinski definition) is 1. The molecule has 1 N–H and O–H groups in total. The molecule has 1 aliphatic rings. The molecule has 5 heteroatoms. The highest BCUT2D eigenvalue weighted by Crippen LogP contribution is 2.25. The molecule has 0 radical (unpaired) electrons. The Kier molecular flexibility index (Phi) is 5.02. The Hall–Kier alpha value is -0.130. The average molecular weight is 235 g/mol. The first-order valence-corrected chi connectivity index (χ1v) is 7.27. The van der Waals surface area contributed by atoms with E-state index in [1.165, 1.54) is 0 Å². The molecular formula is C10H21NO3S. The molecule has 0 aromatic rings. The van der Waals surface area contributed by atoms with E-state index in [9.17, 15) is 8.42 Å². The topological polar surface area (TPSA) is 55.4 Å². The maximum atomic E-state index is 11.3. The van der Waals surface area contributed by atoms with Crippen molar-refractivity contribution >= 4 is 9.84 Å². The number of methoxy groups -OCH3 is 1. The largest absolute Gasteiger partial charge is 0.383 e. The lowest BCUT2D eigenvalue weighted by Crippen LogP contribution is -2.29. The van der Waals surface area contributed by atoms with Crippen molar-refractivity contribution in [2.45, 2.75) is 13.3 Å². The molecule has 0 amide bonds. The van der Waals surface area contributed by atoms with Crippen LogP contribution in [0.1, 0.15) is 13.3 Å². The highest BCUT2D eigenvalue weighted by atomic mass is 32.2. The first kappa shape index (κ1) is 12.9. The summed E-state index contributed by atoms with van der Waals surface area (Å²) >= 11 is 0. The van der Waals surface area contributed by atoms with Gasteiger partial charge in [-0.2, -0.15) is 0 Å². The molecule has 0 saturated carbocycles. The average Bonchev–Trinajstić information content (AvgIpc) is 2.53. The lowest BCUT2D eigenvalue weighted by Gasteiger charge is -2.18. The van der Waals surface area contributed by atoms with Gasteiger partial charge in [-0.15, -0.1) is 0 Å². The van der Waals surface area contributed by atoms with E-state index < -0.39 is 9.84 Å². The van der Waals surface area contributed by atoms with E-state index in [4.69, 9.17) is 4.74 Å². The van der Waals surface area contributed by atoms with Gasteiger partial charge in [0.05, 0.1) is 18.1 Å². The minimum atomic E-state index is -2.73. The summed E-state index contributed by atoms with van der Waals surface area (Å²) in [7, 11) is -1.05. The van der Waals surface area contributed by atoms with E-state index in [2.05, 4.69) is 12.2 Å². The molecular weight excluding hydrogens is 214 g/mol. The Morgan fingerprint density at radius 1 is 1.53 bits per heavy atom. The fourth-order valence-electron chi connectivity index (χ4n) is 1.94. The van der Waals surface area contributed by atoms with Crippen molar-refractivity contribution in [2.75, 3.05) is 38.3 Å². The fraction of sp³-hybridized carbons (Fsp3) is 1.00. The van der Waals surface area contributed by atoms with Gasteiger partial charge < -0.3 is 10.1 Å². The van der Waals surface area contributed by atoms with Gasteiger partial charge in [-0.1, -0.05) is 6.92 Å². The van der Waals surface area contributed by atoms with Crippen molar-refractivity contribution in [3.63, 3.8) is 0 Å². The first-order chi connectivity index (χ1) is 7.05. The lowest BCUT2D eigenvalue weighted by atomic mass is 9.94. The van der Waals surface area contributed by atoms with Crippen molar-refractivity contribution in [3.8, 4) is 0 Å². The van der Waals surface area contributed by atoms with Crippen LogP contribution in [-0.4, -0.2) is 46.7 Å². The minimum absolute atomic E-state index is 0.338. The number of sulfone groups is 1. The summed E-state index contributed by atoms with van der Waals surface area (Å²) in [5, 5.41) is 3.27. The van der Waals surface area contributed by atoms with Crippen LogP contribution in [0.15, 0.2) is 0 Å². The molecule has 0 bridgehead atoms. The number of rotatable bonds is 6. The van der Waals surface area contributed by atoms with Crippen LogP contribution in [0.25, 0.3) is 0 Å². The Morgan fingerprint density at radius 2 is 2.27 bits per heavy atom. The molecule has 4 nitrogen and oxygen atoms in total. The van der Waals surface area contributed by atoms with Crippen molar-refractivity contribution in [2.24, 2.45) is 11.8 Å². The quantitative estimate of drug-likeness (QED) is 0.673. The second-order valence-corrected chi connectivity index (χ2v) is 6.57. The normalized spacial score (nSPS) is 26.7. The van der Waals surface area contributed by atoms with Gasteiger partial charge in [0.2, 0.25) is 0 Å². The summed E-state index contributed by atoms with van der Waals surface area (Å²) in [5.74, 6) is 1.52. The molecule has 0 aromatic carbocycles. The highest BCUT2D eigenvalue weighted by molar-refractivity contribution is 7.91. The zero-order valence-corrected chi connectivity index (χ0v) is 10.3. The Balaban J connectivity index is 2.21. The summed E-state index contributed by atoms with van der Waals surface area (Å²) in [6, 6.07) is 0. The SMILES string of the molecule is COCCNCC(C)C1CCS(=O)(=O)C1. The minimum Gasteiger partial charge on any atom is -0.383 e. The maximum Gasteiger partial charge on any atom is 0.150 e. The molecule has 90 valence electrons. The highest BCUT2D eigenvalue weighted by Gasteiger charge is 2.31. The van der Waals surface area contributed by atoms with Crippen molar-refractivity contribution in [3.05, 3.63) is 0 Å². The molecule has 0 aromatic heterocycles. The molecule has 15 heavy (non-hydrogen) atoms. The Labute approximate surface area is 92.3 Å². The standard InChI is InChI=1S/C10H21NO3S/c1-9(7-11-4-5-14-2)10-3-6-15(12,13)8-10/h9-11H,3-8H2,1-2H3. The van der Waals surface area contributed by atoms with Crippen molar-refractivity contribution < 1.29 is 13.2 Å². The zero-order valence-electron chi connectivity index (χ0n) is 9.53. The molecule has 2 atom stereocenters. The van der Waals surface area contributed by atoms with Crippen LogP contribution in [0.5, 0.6) is 0 Å². The van der Waals surface area contributed by atoms with Gasteiger partial charge in [0.1, 0.15) is 0 Å². The third kappa shape index (κ3) is 4.49. The summed E-state index contributed by atoms with van der Waals surface area (Å²) in [6.07, 6.45) is 0.829. The van der Waals surface area contributed by atoms with Gasteiger partial charge >= 0.3 is 0 Å². The molecule has 0 spiro atoms. The third-order valence-corrected chi connectivity index (χ3v) is 4.82. The van der Waals surface area contributed by atoms with Gasteiger partial charge in [-0.3, -0.25) is 0 Å². The monoisotopic (exact) mass is 235 g/mol. The molecule has 0 aliphatic carbocycles. The predicted octanol–water partition coefficient (Wildman–Crippen LogP) is 0.293. The zero-order chi connectivity index (χ0) is 11.3. The van der Waals surface area contributed by atoms with Crippen LogP contribution in [0.3, 0.4) is 0 Å². The maximum absolute atomic E-state index is 11.3. The smallest absolute Gasteiger partial charge is 0.150 e. The molecule has 1 saturated heterocycles. The van der Waals surface area contributed by atoms with Crippen LogP contribution in [0.2, 0.25) is 0 Å². The second-order valence-electron chi connectivity index (χ2n) is 4.34. The van der Waals surface area contributed by atoms with Gasteiger partial charge in [-0.25, -0.2) is 8.42 Å². The van der Waals surface area contributed by atoms with Crippen molar-refractivity contribution in [1.29, 1.82) is 0 Å². The summed E-state index contributed by atoms with van der Waals surface area (Å²) in [6.45, 7) is 4.53. The van der Waals surface area contributed by atoms with Crippen LogP contribution < -0.4 is 5.32 Å². The number of ether oxygens (including phenoxy) is 1. The fourth-order valence-corrected chi connectivity index (χ4v) is 3.92. The third-order valence-electron chi connectivity index (χ3n) is 3.02. The van der Waals surface area contributed by atoms with Crippen LogP contribution in [0.4, 0.5) is 0 Å². The molecule has 1 rings (SSSR count). The van der Waals surface area contributed by atoms with E-state index in [1.54, 1.807) is 7.11 Å². The molecule has 2 unspecified atom stereocenters. The second kappa shape index (κ2) is 5.82. The van der Waals surface area contributed by atoms with Gasteiger partial charge in [-0.05, 0) is 24.8 Å². The summed E-state index contributed by atoms with van der Waals surface area (Å²) in [4.78, 5) is 0. The molecule has 1 heterocycles. The van der Waals surface area contributed by atoms with Gasteiger partial charge in [0, 0.05) is 13.7 Å². The van der Waals surface area contributed by atoms with E-state index >= 15 is 0 Å². The Morgan fingerprint density at radius 3 is 2.80 bits per heavy atom. The first-order valence-electron chi connectivity index (χ1n) is 5.45. The number of hydrogen-bond acceptors (Lipinski definition) is 4. The van der Waals surface area contributed by atoms with E-state index in [1.807, 2.05) is 0 Å². The van der Waals surface area contributed by atoms with E-state index in [0.717, 1.165) is 19.5 Å². The predicted molar refractivity (Wildman–Crippen MR) is 60.7 cm³/mol. The molecule has 1 aliphatic heterocycles. The Bertz CT molecular complexity index is 276. The van der Waals surface area contributed by atoms with Gasteiger partial charge in [0.15, 0.2) is 9.84 Å². The van der Waals surface area contributed by atoms with E-state index in [-0.39, 0.29) is 0 Å². The van der Waals surface area contributed by atoms with Crippen LogP contribution in [0, 0.1) is 11.8 Å². The lowest BCUT2D eigenvalue weighted by molar-refractivity contribution is 0.196. The number of nitrogens with one attached hydrogen (secondary N) is 1. The van der Waals surface area contributed by atoms with E-state index in [0.29, 0.717) is 29.9 Å².